The van der Waals surface area contributed by atoms with E-state index in [1.54, 1.807) is 17.0 Å². The molecule has 0 unspecified atom stereocenters. The van der Waals surface area contributed by atoms with E-state index in [0.29, 0.717) is 10.7 Å². The quantitative estimate of drug-likeness (QED) is 0.536. The van der Waals surface area contributed by atoms with Gasteiger partial charge in [-0.25, -0.2) is 0 Å². The van der Waals surface area contributed by atoms with Gasteiger partial charge in [-0.1, -0.05) is 73.3 Å². The van der Waals surface area contributed by atoms with Gasteiger partial charge in [-0.3, -0.25) is 14.4 Å². The number of carbonyl (C=O) groups is 3. The van der Waals surface area contributed by atoms with E-state index in [2.05, 4.69) is 10.6 Å². The minimum absolute atomic E-state index is 0.0783. The van der Waals surface area contributed by atoms with E-state index >= 15 is 0 Å². The maximum absolute atomic E-state index is 14.2. The van der Waals surface area contributed by atoms with E-state index < -0.39 is 29.1 Å². The van der Waals surface area contributed by atoms with Crippen LogP contribution in [0.25, 0.3) is 0 Å². The number of para-hydroxylation sites is 1. The first-order valence-electron chi connectivity index (χ1n) is 13.4. The summed E-state index contributed by atoms with van der Waals surface area (Å²) in [6.07, 6.45) is 8.89. The molecule has 0 radical (unpaired) electrons. The van der Waals surface area contributed by atoms with Crippen LogP contribution in [-0.4, -0.2) is 45.9 Å². The molecule has 3 aliphatic heterocycles. The predicted octanol–water partition coefficient (Wildman–Crippen LogP) is 4.47. The summed E-state index contributed by atoms with van der Waals surface area (Å²) < 4.78 is 6.61. The molecule has 8 heteroatoms. The zero-order valence-corrected chi connectivity index (χ0v) is 22.1. The number of ether oxygens (including phenoxy) is 1. The van der Waals surface area contributed by atoms with Crippen molar-refractivity contribution in [3.8, 4) is 0 Å². The van der Waals surface area contributed by atoms with Crippen molar-refractivity contribution in [3.63, 3.8) is 0 Å². The van der Waals surface area contributed by atoms with Crippen molar-refractivity contribution in [3.05, 3.63) is 77.3 Å². The van der Waals surface area contributed by atoms with Crippen LogP contribution < -0.4 is 10.6 Å². The molecule has 3 heterocycles. The maximum atomic E-state index is 14.2. The number of rotatable bonds is 6. The molecule has 2 aromatic carbocycles. The van der Waals surface area contributed by atoms with Crippen LogP contribution in [0.5, 0.6) is 0 Å². The third-order valence-corrected chi connectivity index (χ3v) is 8.84. The first-order valence-corrected chi connectivity index (χ1v) is 13.8. The van der Waals surface area contributed by atoms with Gasteiger partial charge < -0.3 is 20.3 Å². The number of hydrogen-bond donors (Lipinski definition) is 2. The lowest BCUT2D eigenvalue weighted by Gasteiger charge is -2.34. The molecule has 2 N–H and O–H groups in total. The number of carbonyl (C=O) groups excluding carboxylic acids is 3. The average molecular weight is 534 g/mol. The van der Waals surface area contributed by atoms with Crippen LogP contribution in [0.2, 0.25) is 5.02 Å². The van der Waals surface area contributed by atoms with E-state index in [1.165, 1.54) is 6.42 Å². The van der Waals surface area contributed by atoms with Crippen LogP contribution in [0.3, 0.4) is 0 Å². The molecule has 198 valence electrons. The molecule has 7 nitrogen and oxygen atoms in total. The molecule has 2 bridgehead atoms. The summed E-state index contributed by atoms with van der Waals surface area (Å²) in [5.41, 5.74) is -0.702. The molecule has 38 heavy (non-hydrogen) atoms. The second-order valence-corrected chi connectivity index (χ2v) is 11.6. The van der Waals surface area contributed by atoms with Gasteiger partial charge in [0.2, 0.25) is 17.7 Å². The van der Waals surface area contributed by atoms with Gasteiger partial charge in [0.25, 0.3) is 0 Å². The maximum Gasteiger partial charge on any atom is 0.246 e. The molecule has 4 aliphatic rings. The van der Waals surface area contributed by atoms with Crippen molar-refractivity contribution in [1.82, 2.24) is 10.2 Å². The number of anilines is 1. The van der Waals surface area contributed by atoms with E-state index in [1.807, 2.05) is 61.5 Å². The standard InChI is InChI=1S/C30H32ClN3O4/c1-29-16-17-30(38-29)24(23(29)26(35)32-21-8-4-2-5-9-21)28(37)34(18-19-12-14-20(31)15-13-19)25(30)27(36)33-22-10-6-3-7-11-22/h2,4-5,8-9,12-17,22-25H,3,6-7,10-11,18H2,1H3,(H,32,35)(H,33,36)/t23-,24+,25-,29-,30+/m1/s1. The molecule has 3 amide bonds. The molecule has 1 spiro atoms. The molecule has 1 aliphatic carbocycles. The zero-order chi connectivity index (χ0) is 26.5. The van der Waals surface area contributed by atoms with Crippen LogP contribution >= 0.6 is 11.6 Å². The van der Waals surface area contributed by atoms with E-state index in [-0.39, 0.29) is 30.3 Å². The molecule has 2 aromatic rings. The summed E-state index contributed by atoms with van der Waals surface area (Å²) in [7, 11) is 0. The summed E-state index contributed by atoms with van der Waals surface area (Å²) >= 11 is 6.09. The summed E-state index contributed by atoms with van der Waals surface area (Å²) in [4.78, 5) is 43.4. The Morgan fingerprint density at radius 1 is 1.00 bits per heavy atom. The first kappa shape index (κ1) is 25.1. The van der Waals surface area contributed by atoms with Gasteiger partial charge in [0.05, 0.1) is 17.4 Å². The predicted molar refractivity (Wildman–Crippen MR) is 144 cm³/mol. The van der Waals surface area contributed by atoms with Crippen LogP contribution in [0.1, 0.15) is 44.6 Å². The fraction of sp³-hybridized carbons (Fsp3) is 0.433. The molecule has 0 aromatic heterocycles. The van der Waals surface area contributed by atoms with E-state index in [4.69, 9.17) is 16.3 Å². The number of fused-ring (bicyclic) bond motifs is 1. The van der Waals surface area contributed by atoms with Crippen LogP contribution in [0.15, 0.2) is 66.7 Å². The number of hydrogen-bond acceptors (Lipinski definition) is 4. The second kappa shape index (κ2) is 9.54. The molecule has 5 atom stereocenters. The highest BCUT2D eigenvalue weighted by atomic mass is 35.5. The largest absolute Gasteiger partial charge is 0.356 e. The van der Waals surface area contributed by atoms with Crippen molar-refractivity contribution >= 4 is 35.0 Å². The van der Waals surface area contributed by atoms with E-state index in [0.717, 1.165) is 31.2 Å². The van der Waals surface area contributed by atoms with Crippen molar-refractivity contribution in [2.45, 2.75) is 68.9 Å². The van der Waals surface area contributed by atoms with Crippen molar-refractivity contribution in [2.24, 2.45) is 11.8 Å². The SMILES string of the molecule is C[C@]12C=C[C@]3(O1)[C@H](C(=O)N(Cc1ccc(Cl)cc1)[C@@H]3C(=O)NC1CCCCC1)[C@@H]2C(=O)Nc1ccccc1. The van der Waals surface area contributed by atoms with Gasteiger partial charge in [0.1, 0.15) is 11.6 Å². The smallest absolute Gasteiger partial charge is 0.246 e. The monoisotopic (exact) mass is 533 g/mol. The number of halogens is 1. The first-order chi connectivity index (χ1) is 18.3. The lowest BCUT2D eigenvalue weighted by molar-refractivity contribution is -0.145. The molecule has 3 fully saturated rings. The highest BCUT2D eigenvalue weighted by molar-refractivity contribution is 6.30. The lowest BCUT2D eigenvalue weighted by atomic mass is 9.70. The minimum atomic E-state index is -1.21. The summed E-state index contributed by atoms with van der Waals surface area (Å²) in [6, 6.07) is 15.6. The Bertz CT molecular complexity index is 1280. The van der Waals surface area contributed by atoms with Gasteiger partial charge in [-0.15, -0.1) is 0 Å². The van der Waals surface area contributed by atoms with Crippen molar-refractivity contribution in [2.75, 3.05) is 5.32 Å². The molecule has 2 saturated heterocycles. The Kier molecular flexibility index (Phi) is 6.31. The zero-order valence-electron chi connectivity index (χ0n) is 21.4. The van der Waals surface area contributed by atoms with E-state index in [9.17, 15) is 14.4 Å². The third kappa shape index (κ3) is 4.12. The number of nitrogens with zero attached hydrogens (tertiary/aromatic N) is 1. The van der Waals surface area contributed by atoms with Gasteiger partial charge in [0, 0.05) is 23.3 Å². The fourth-order valence-electron chi connectivity index (χ4n) is 6.85. The van der Waals surface area contributed by atoms with Crippen LogP contribution in [0, 0.1) is 11.8 Å². The Hall–Kier alpha value is -3.16. The Labute approximate surface area is 227 Å². The van der Waals surface area contributed by atoms with Gasteiger partial charge in [-0.05, 0) is 49.6 Å². The van der Waals surface area contributed by atoms with Gasteiger partial charge in [-0.2, -0.15) is 0 Å². The highest BCUT2D eigenvalue weighted by Crippen LogP contribution is 2.60. The number of benzene rings is 2. The number of amides is 3. The summed E-state index contributed by atoms with van der Waals surface area (Å²) in [5.74, 6) is -2.34. The fourth-order valence-corrected chi connectivity index (χ4v) is 6.98. The van der Waals surface area contributed by atoms with Crippen LogP contribution in [0.4, 0.5) is 5.69 Å². The summed E-state index contributed by atoms with van der Waals surface area (Å²) in [5, 5.41) is 6.79. The Balaban J connectivity index is 1.36. The van der Waals surface area contributed by atoms with Crippen molar-refractivity contribution in [1.29, 1.82) is 0 Å². The number of likely N-dealkylation sites (tertiary alicyclic amines) is 1. The molecule has 6 rings (SSSR count). The van der Waals surface area contributed by atoms with Gasteiger partial charge >= 0.3 is 0 Å². The topological polar surface area (TPSA) is 87.7 Å². The van der Waals surface area contributed by atoms with Crippen LogP contribution in [-0.2, 0) is 25.7 Å². The van der Waals surface area contributed by atoms with Crippen molar-refractivity contribution < 1.29 is 19.1 Å². The third-order valence-electron chi connectivity index (χ3n) is 8.59. The highest BCUT2D eigenvalue weighted by Gasteiger charge is 2.76. The molecular weight excluding hydrogens is 502 g/mol. The number of nitrogens with one attached hydrogen (secondary N) is 2. The Morgan fingerprint density at radius 2 is 1.71 bits per heavy atom. The second-order valence-electron chi connectivity index (χ2n) is 11.1. The molecular formula is C30H32ClN3O4. The van der Waals surface area contributed by atoms with Gasteiger partial charge in [0.15, 0.2) is 0 Å². The Morgan fingerprint density at radius 3 is 2.42 bits per heavy atom. The average Bonchev–Trinajstić information content (AvgIpc) is 3.47. The lowest BCUT2D eigenvalue weighted by Crippen LogP contribution is -2.56. The minimum Gasteiger partial charge on any atom is -0.356 e. The molecule has 1 saturated carbocycles. The summed E-state index contributed by atoms with van der Waals surface area (Å²) in [6.45, 7) is 2.05. The normalized spacial score (nSPS) is 31.9.